The first-order valence-electron chi connectivity index (χ1n) is 4.16. The topological polar surface area (TPSA) is 12.9 Å². The molecule has 1 aromatic rings. The summed E-state index contributed by atoms with van der Waals surface area (Å²) in [6.45, 7) is 2.12. The van der Waals surface area contributed by atoms with Gasteiger partial charge in [0.25, 0.3) is 0 Å². The second kappa shape index (κ2) is 2.94. The molecule has 0 radical (unpaired) electrons. The van der Waals surface area contributed by atoms with E-state index in [1.807, 2.05) is 12.3 Å². The molecule has 0 saturated heterocycles. The minimum Gasteiger partial charge on any atom is -0.256 e. The van der Waals surface area contributed by atoms with E-state index in [1.165, 1.54) is 11.1 Å². The molecule has 0 aromatic carbocycles. The predicted molar refractivity (Wildman–Crippen MR) is 51.7 cm³/mol. The minimum absolute atomic E-state index is 1.01. The van der Waals surface area contributed by atoms with Gasteiger partial charge in [-0.25, -0.2) is 0 Å². The average Bonchev–Trinajstić information content (AvgIpc) is 2.30. The van der Waals surface area contributed by atoms with Crippen LogP contribution < -0.4 is 0 Å². The number of allylic oxidation sites excluding steroid dienone is 2. The molecule has 60 valence electrons. The van der Waals surface area contributed by atoms with Gasteiger partial charge in [0.15, 0.2) is 0 Å². The lowest BCUT2D eigenvalue weighted by Gasteiger charge is -2.01. The predicted octanol–water partition coefficient (Wildman–Crippen LogP) is 2.82. The molecule has 0 fully saturated rings. The highest BCUT2D eigenvalue weighted by molar-refractivity contribution is 5.66. The summed E-state index contributed by atoms with van der Waals surface area (Å²) in [5.41, 5.74) is 3.64. The first kappa shape index (κ1) is 7.29. The Morgan fingerprint density at radius 1 is 1.25 bits per heavy atom. The van der Waals surface area contributed by atoms with Crippen molar-refractivity contribution in [3.05, 3.63) is 41.2 Å². The largest absolute Gasteiger partial charge is 0.256 e. The van der Waals surface area contributed by atoms with Crippen LogP contribution in [0.25, 0.3) is 12.2 Å². The van der Waals surface area contributed by atoms with Gasteiger partial charge in [0, 0.05) is 11.8 Å². The fourth-order valence-corrected chi connectivity index (χ4v) is 1.38. The fraction of sp³-hybridized carbons (Fsp3) is 0.182. The molecule has 0 bridgehead atoms. The van der Waals surface area contributed by atoms with Crippen molar-refractivity contribution in [1.82, 2.24) is 4.98 Å². The number of aryl methyl sites for hydroxylation is 1. The molecule has 1 aromatic heterocycles. The molecule has 1 aliphatic carbocycles. The quantitative estimate of drug-likeness (QED) is 0.564. The molecule has 0 atom stereocenters. The molecule has 0 N–H and O–H groups in total. The van der Waals surface area contributed by atoms with Crippen LogP contribution in [0.15, 0.2) is 24.4 Å². The molecule has 0 spiro atoms. The Bertz CT molecular complexity index is 348. The van der Waals surface area contributed by atoms with Crippen LogP contribution in [-0.4, -0.2) is 4.98 Å². The van der Waals surface area contributed by atoms with Crippen molar-refractivity contribution in [1.29, 1.82) is 0 Å². The highest BCUT2D eigenvalue weighted by atomic mass is 14.7. The average molecular weight is 157 g/mol. The van der Waals surface area contributed by atoms with Gasteiger partial charge in [-0.05, 0) is 31.1 Å². The Hall–Kier alpha value is -1.37. The van der Waals surface area contributed by atoms with Gasteiger partial charge in [-0.1, -0.05) is 18.2 Å². The van der Waals surface area contributed by atoms with Gasteiger partial charge in [0.1, 0.15) is 0 Å². The van der Waals surface area contributed by atoms with Gasteiger partial charge in [-0.2, -0.15) is 0 Å². The SMILES string of the molecule is Cc1ccnc2c1C=CCC=C2. The van der Waals surface area contributed by atoms with Crippen LogP contribution in [0.1, 0.15) is 23.2 Å². The maximum atomic E-state index is 4.30. The van der Waals surface area contributed by atoms with E-state index < -0.39 is 0 Å². The van der Waals surface area contributed by atoms with Crippen LogP contribution in [0.3, 0.4) is 0 Å². The van der Waals surface area contributed by atoms with Crippen molar-refractivity contribution in [3.8, 4) is 0 Å². The third kappa shape index (κ3) is 1.18. The summed E-state index contributed by atoms with van der Waals surface area (Å²) in [6, 6.07) is 2.04. The van der Waals surface area contributed by atoms with Crippen LogP contribution >= 0.6 is 0 Å². The first-order chi connectivity index (χ1) is 5.88. The van der Waals surface area contributed by atoms with E-state index in [2.05, 4.69) is 36.2 Å². The van der Waals surface area contributed by atoms with E-state index in [4.69, 9.17) is 0 Å². The second-order valence-electron chi connectivity index (χ2n) is 2.97. The fourth-order valence-electron chi connectivity index (χ4n) is 1.38. The second-order valence-corrected chi connectivity index (χ2v) is 2.97. The molecule has 0 saturated carbocycles. The Kier molecular flexibility index (Phi) is 1.78. The molecule has 1 aliphatic rings. The van der Waals surface area contributed by atoms with Gasteiger partial charge in [-0.15, -0.1) is 0 Å². The van der Waals surface area contributed by atoms with Crippen LogP contribution in [0, 0.1) is 6.92 Å². The number of nitrogens with zero attached hydrogens (tertiary/aromatic N) is 1. The number of rotatable bonds is 0. The molecule has 0 aliphatic heterocycles. The lowest BCUT2D eigenvalue weighted by molar-refractivity contribution is 1.24. The highest BCUT2D eigenvalue weighted by Gasteiger charge is 2.01. The maximum Gasteiger partial charge on any atom is 0.0701 e. The van der Waals surface area contributed by atoms with Gasteiger partial charge >= 0.3 is 0 Å². The van der Waals surface area contributed by atoms with Gasteiger partial charge in [-0.3, -0.25) is 4.98 Å². The van der Waals surface area contributed by atoms with Crippen molar-refractivity contribution in [3.63, 3.8) is 0 Å². The van der Waals surface area contributed by atoms with Crippen molar-refractivity contribution >= 4 is 12.2 Å². The lowest BCUT2D eigenvalue weighted by Crippen LogP contribution is -1.88. The molecule has 12 heavy (non-hydrogen) atoms. The van der Waals surface area contributed by atoms with E-state index in [-0.39, 0.29) is 0 Å². The number of hydrogen-bond donors (Lipinski definition) is 0. The summed E-state index contributed by atoms with van der Waals surface area (Å²) in [6.07, 6.45) is 11.4. The summed E-state index contributed by atoms with van der Waals surface area (Å²) >= 11 is 0. The highest BCUT2D eigenvalue weighted by Crippen LogP contribution is 2.17. The third-order valence-corrected chi connectivity index (χ3v) is 2.07. The third-order valence-electron chi connectivity index (χ3n) is 2.07. The van der Waals surface area contributed by atoms with Crippen molar-refractivity contribution < 1.29 is 0 Å². The van der Waals surface area contributed by atoms with E-state index in [1.54, 1.807) is 0 Å². The number of hydrogen-bond acceptors (Lipinski definition) is 1. The molecule has 2 rings (SSSR count). The summed E-state index contributed by atoms with van der Waals surface area (Å²) in [7, 11) is 0. The van der Waals surface area contributed by atoms with E-state index in [9.17, 15) is 0 Å². The summed E-state index contributed by atoms with van der Waals surface area (Å²) in [5, 5.41) is 0. The van der Waals surface area contributed by atoms with Gasteiger partial charge < -0.3 is 0 Å². The number of aromatic nitrogens is 1. The molecular formula is C11H11N. The Morgan fingerprint density at radius 2 is 2.08 bits per heavy atom. The number of pyridine rings is 1. The van der Waals surface area contributed by atoms with Crippen molar-refractivity contribution in [2.24, 2.45) is 0 Å². The van der Waals surface area contributed by atoms with Gasteiger partial charge in [0.2, 0.25) is 0 Å². The van der Waals surface area contributed by atoms with Crippen LogP contribution in [0.2, 0.25) is 0 Å². The molecule has 1 nitrogen and oxygen atoms in total. The van der Waals surface area contributed by atoms with Crippen molar-refractivity contribution in [2.75, 3.05) is 0 Å². The van der Waals surface area contributed by atoms with E-state index in [0.717, 1.165) is 12.1 Å². The first-order valence-corrected chi connectivity index (χ1v) is 4.16. The summed E-state index contributed by atoms with van der Waals surface area (Å²) in [5.74, 6) is 0. The molecule has 1 heteroatoms. The van der Waals surface area contributed by atoms with E-state index >= 15 is 0 Å². The molecule has 0 unspecified atom stereocenters. The van der Waals surface area contributed by atoms with Crippen molar-refractivity contribution in [2.45, 2.75) is 13.3 Å². The number of fused-ring (bicyclic) bond motifs is 1. The van der Waals surface area contributed by atoms with Crippen LogP contribution in [0.5, 0.6) is 0 Å². The van der Waals surface area contributed by atoms with Gasteiger partial charge in [0.05, 0.1) is 5.69 Å². The smallest absolute Gasteiger partial charge is 0.0701 e. The lowest BCUT2D eigenvalue weighted by atomic mass is 10.1. The minimum atomic E-state index is 1.01. The molecule has 0 amide bonds. The van der Waals surface area contributed by atoms with Crippen LogP contribution in [0.4, 0.5) is 0 Å². The molecule has 1 heterocycles. The zero-order valence-corrected chi connectivity index (χ0v) is 7.12. The normalized spacial score (nSPS) is 14.1. The zero-order valence-electron chi connectivity index (χ0n) is 7.12. The maximum absolute atomic E-state index is 4.30. The Labute approximate surface area is 72.5 Å². The van der Waals surface area contributed by atoms with Crippen LogP contribution in [-0.2, 0) is 0 Å². The monoisotopic (exact) mass is 157 g/mol. The zero-order chi connectivity index (χ0) is 8.39. The summed E-state index contributed by atoms with van der Waals surface area (Å²) < 4.78 is 0. The Balaban J connectivity index is 2.65. The van der Waals surface area contributed by atoms with E-state index in [0.29, 0.717) is 0 Å². The summed E-state index contributed by atoms with van der Waals surface area (Å²) in [4.78, 5) is 4.30. The standard InChI is InChI=1S/C11H11N/c1-9-7-8-12-11-6-4-2-3-5-10(9)11/h3-8H,2H2,1H3. The molecular weight excluding hydrogens is 146 g/mol. The Morgan fingerprint density at radius 3 is 3.00 bits per heavy atom.